The number of hydrogen-bond acceptors (Lipinski definition) is 4. The second-order valence-corrected chi connectivity index (χ2v) is 26.8. The SMILES string of the molecule is Cc1cnc2c3cc(Br)ccc3c3ccc(Br)cc3c2n1.Cc1cnc2c3cc([Si](C)(C)C)ccc3c3ccc([Si](C)(C)C)cc3c2n1. The molecule has 6 aromatic carbocycles. The van der Waals surface area contributed by atoms with Crippen LogP contribution in [-0.4, -0.2) is 36.1 Å². The Hall–Kier alpha value is -3.57. The normalized spacial score (nSPS) is 12.4. The minimum atomic E-state index is -1.40. The second kappa shape index (κ2) is 12.1. The molecule has 8 heteroatoms. The van der Waals surface area contributed by atoms with Gasteiger partial charge in [0, 0.05) is 42.9 Å². The third kappa shape index (κ3) is 5.97. The zero-order chi connectivity index (χ0) is 34.1. The number of rotatable bonds is 2. The summed E-state index contributed by atoms with van der Waals surface area (Å²) in [7, 11) is -2.79. The van der Waals surface area contributed by atoms with Crippen molar-refractivity contribution in [1.82, 2.24) is 19.9 Å². The minimum absolute atomic E-state index is 0.929. The molecule has 0 bridgehead atoms. The summed E-state index contributed by atoms with van der Waals surface area (Å²) in [5.74, 6) is 0. The van der Waals surface area contributed by atoms with E-state index in [1.165, 1.54) is 42.7 Å². The number of aryl methyl sites for hydroxylation is 2. The summed E-state index contributed by atoms with van der Waals surface area (Å²) >= 11 is 7.11. The van der Waals surface area contributed by atoms with Gasteiger partial charge in [-0.05, 0) is 59.7 Å². The van der Waals surface area contributed by atoms with Crippen LogP contribution in [0.3, 0.4) is 0 Å². The molecule has 48 heavy (non-hydrogen) atoms. The Balaban J connectivity index is 0.000000156. The summed E-state index contributed by atoms with van der Waals surface area (Å²) in [4.78, 5) is 19.1. The van der Waals surface area contributed by atoms with E-state index in [4.69, 9.17) is 15.0 Å². The van der Waals surface area contributed by atoms with Gasteiger partial charge in [0.15, 0.2) is 0 Å². The topological polar surface area (TPSA) is 51.6 Å². The first-order chi connectivity index (χ1) is 22.7. The summed E-state index contributed by atoms with van der Waals surface area (Å²) < 4.78 is 2.10. The maximum atomic E-state index is 4.93. The van der Waals surface area contributed by atoms with E-state index in [1.54, 1.807) is 0 Å². The molecule has 0 spiro atoms. The van der Waals surface area contributed by atoms with Crippen LogP contribution in [0.4, 0.5) is 0 Å². The maximum Gasteiger partial charge on any atom is 0.0975 e. The lowest BCUT2D eigenvalue weighted by atomic mass is 9.99. The molecule has 2 heterocycles. The van der Waals surface area contributed by atoms with Crippen molar-refractivity contribution in [3.63, 3.8) is 0 Å². The summed E-state index contributed by atoms with van der Waals surface area (Å²) in [5.41, 5.74) is 5.89. The molecule has 240 valence electrons. The van der Waals surface area contributed by atoms with Crippen molar-refractivity contribution in [3.05, 3.63) is 106 Å². The van der Waals surface area contributed by atoms with Crippen molar-refractivity contribution in [2.45, 2.75) is 53.1 Å². The first-order valence-electron chi connectivity index (χ1n) is 16.3. The van der Waals surface area contributed by atoms with Gasteiger partial charge in [0.25, 0.3) is 0 Å². The van der Waals surface area contributed by atoms with Crippen LogP contribution in [0.25, 0.3) is 65.2 Å². The molecule has 0 fully saturated rings. The highest BCUT2D eigenvalue weighted by atomic mass is 79.9. The van der Waals surface area contributed by atoms with Gasteiger partial charge < -0.3 is 0 Å². The highest BCUT2D eigenvalue weighted by Crippen LogP contribution is 2.36. The van der Waals surface area contributed by atoms with Crippen LogP contribution < -0.4 is 10.4 Å². The first kappa shape index (κ1) is 33.0. The number of hydrogen-bond donors (Lipinski definition) is 0. The van der Waals surface area contributed by atoms with Gasteiger partial charge in [-0.25, -0.2) is 9.97 Å². The zero-order valence-electron chi connectivity index (χ0n) is 28.6. The third-order valence-corrected chi connectivity index (χ3v) is 14.2. The van der Waals surface area contributed by atoms with E-state index < -0.39 is 16.1 Å². The molecule has 0 aliphatic carbocycles. The summed E-state index contributed by atoms with van der Waals surface area (Å²) in [6, 6.07) is 26.7. The number of benzene rings is 6. The Morgan fingerprint density at radius 2 is 0.750 bits per heavy atom. The lowest BCUT2D eigenvalue weighted by Crippen LogP contribution is -2.37. The number of nitrogens with zero attached hydrogens (tertiary/aromatic N) is 4. The first-order valence-corrected chi connectivity index (χ1v) is 24.9. The maximum absolute atomic E-state index is 4.93. The Kier molecular flexibility index (Phi) is 8.30. The lowest BCUT2D eigenvalue weighted by Gasteiger charge is -2.20. The van der Waals surface area contributed by atoms with Gasteiger partial charge in [-0.15, -0.1) is 0 Å². The molecule has 8 rings (SSSR count). The number of fused-ring (bicyclic) bond motifs is 12. The van der Waals surface area contributed by atoms with Gasteiger partial charge in [0.1, 0.15) is 0 Å². The molecule has 8 aromatic rings. The Bertz CT molecular complexity index is 2590. The molecule has 0 radical (unpaired) electrons. The van der Waals surface area contributed by atoms with Crippen molar-refractivity contribution in [2.75, 3.05) is 0 Å². The van der Waals surface area contributed by atoms with Crippen LogP contribution in [0.15, 0.2) is 94.1 Å². The Morgan fingerprint density at radius 3 is 1.15 bits per heavy atom. The molecule has 0 saturated carbocycles. The van der Waals surface area contributed by atoms with Gasteiger partial charge in [-0.1, -0.05) is 130 Å². The molecule has 0 aliphatic rings. The predicted molar refractivity (Wildman–Crippen MR) is 220 cm³/mol. The molecule has 0 amide bonds. The summed E-state index contributed by atoms with van der Waals surface area (Å²) in [6.07, 6.45) is 3.73. The van der Waals surface area contributed by atoms with Gasteiger partial charge in [-0.3, -0.25) is 9.97 Å². The molecule has 2 aromatic heterocycles. The van der Waals surface area contributed by atoms with Crippen molar-refractivity contribution < 1.29 is 0 Å². The highest BCUT2D eigenvalue weighted by molar-refractivity contribution is 9.10. The quantitative estimate of drug-likeness (QED) is 0.129. The van der Waals surface area contributed by atoms with Crippen LogP contribution in [-0.2, 0) is 0 Å². The fraction of sp³-hybridized carbons (Fsp3) is 0.200. The van der Waals surface area contributed by atoms with E-state index in [-0.39, 0.29) is 0 Å². The molecular weight excluding hydrogens is 752 g/mol. The zero-order valence-corrected chi connectivity index (χ0v) is 33.8. The van der Waals surface area contributed by atoms with Crippen LogP contribution >= 0.6 is 31.9 Å². The van der Waals surface area contributed by atoms with Crippen LogP contribution in [0.2, 0.25) is 39.3 Å². The fourth-order valence-electron chi connectivity index (χ4n) is 6.50. The van der Waals surface area contributed by atoms with E-state index >= 15 is 0 Å². The van der Waals surface area contributed by atoms with Crippen molar-refractivity contribution in [1.29, 1.82) is 0 Å². The molecule has 4 nitrogen and oxygen atoms in total. The largest absolute Gasteiger partial charge is 0.252 e. The molecule has 0 N–H and O–H groups in total. The van der Waals surface area contributed by atoms with Crippen molar-refractivity contribution in [2.24, 2.45) is 0 Å². The van der Waals surface area contributed by atoms with E-state index in [0.717, 1.165) is 53.2 Å². The lowest BCUT2D eigenvalue weighted by molar-refractivity contribution is 1.19. The van der Waals surface area contributed by atoms with Gasteiger partial charge in [-0.2, -0.15) is 0 Å². The number of aromatic nitrogens is 4. The van der Waals surface area contributed by atoms with Crippen molar-refractivity contribution >= 4 is 124 Å². The standard InChI is InChI=1S/C23H28N2Si2.C17H10Br2N2/c1-15-14-24-22-20-12-16(26(2,3)4)8-10-18(20)19-11-9-17(27(5,6)7)13-21(19)23(22)25-15;1-9-8-20-16-14-6-10(18)2-4-12(14)13-5-3-11(19)7-15(13)17(16)21-9/h8-14H,1-7H3;2-8H,1H3. The predicted octanol–water partition coefficient (Wildman–Crippen LogP) is 11.1. The minimum Gasteiger partial charge on any atom is -0.252 e. The van der Waals surface area contributed by atoms with E-state index in [2.05, 4.69) is 149 Å². The monoisotopic (exact) mass is 788 g/mol. The average molecular weight is 791 g/mol. The van der Waals surface area contributed by atoms with E-state index in [9.17, 15) is 0 Å². The second-order valence-electron chi connectivity index (χ2n) is 14.8. The Labute approximate surface area is 300 Å². The van der Waals surface area contributed by atoms with Crippen LogP contribution in [0, 0.1) is 13.8 Å². The van der Waals surface area contributed by atoms with Crippen LogP contribution in [0.5, 0.6) is 0 Å². The third-order valence-electron chi connectivity index (χ3n) is 9.12. The molecule has 0 atom stereocenters. The fourth-order valence-corrected chi connectivity index (χ4v) is 9.55. The molecular formula is C40H38Br2N4Si2. The van der Waals surface area contributed by atoms with Gasteiger partial charge in [0.2, 0.25) is 0 Å². The summed E-state index contributed by atoms with van der Waals surface area (Å²) in [5, 5.41) is 12.7. The van der Waals surface area contributed by atoms with Crippen LogP contribution in [0.1, 0.15) is 11.4 Å². The van der Waals surface area contributed by atoms with Gasteiger partial charge in [0.05, 0.1) is 49.6 Å². The molecule has 0 saturated heterocycles. The molecule has 0 unspecified atom stereocenters. The van der Waals surface area contributed by atoms with Crippen molar-refractivity contribution in [3.8, 4) is 0 Å². The van der Waals surface area contributed by atoms with E-state index in [1.807, 2.05) is 26.2 Å². The molecule has 0 aliphatic heterocycles. The Morgan fingerprint density at radius 1 is 0.417 bits per heavy atom. The highest BCUT2D eigenvalue weighted by Gasteiger charge is 2.21. The smallest absolute Gasteiger partial charge is 0.0975 e. The van der Waals surface area contributed by atoms with E-state index in [0.29, 0.717) is 0 Å². The average Bonchev–Trinajstić information content (AvgIpc) is 3.03. The number of halogens is 2. The van der Waals surface area contributed by atoms with Gasteiger partial charge >= 0.3 is 0 Å². The summed E-state index contributed by atoms with van der Waals surface area (Å²) in [6.45, 7) is 18.4.